The predicted molar refractivity (Wildman–Crippen MR) is 115 cm³/mol. The van der Waals surface area contributed by atoms with Crippen molar-refractivity contribution in [1.29, 1.82) is 0 Å². The summed E-state index contributed by atoms with van der Waals surface area (Å²) in [5.74, 6) is -0.999. The monoisotopic (exact) mass is 448 g/mol. The smallest absolute Gasteiger partial charge is 0.320 e. The van der Waals surface area contributed by atoms with Crippen LogP contribution in [0, 0.1) is 0 Å². The number of hydrogen-bond acceptors (Lipinski definition) is 3. The number of amides is 1. The second kappa shape index (κ2) is 8.43. The van der Waals surface area contributed by atoms with E-state index < -0.39 is 33.2 Å². The van der Waals surface area contributed by atoms with Gasteiger partial charge in [0, 0.05) is 7.05 Å². The lowest BCUT2D eigenvalue weighted by molar-refractivity contribution is -0.137. The number of sulfonamides is 1. The number of alkyl halides is 3. The predicted octanol–water partition coefficient (Wildman–Crippen LogP) is 5.02. The van der Waals surface area contributed by atoms with Crippen molar-refractivity contribution in [1.82, 2.24) is 0 Å². The third kappa shape index (κ3) is 5.05. The molecule has 0 saturated carbocycles. The molecule has 1 amide bonds. The van der Waals surface area contributed by atoms with Gasteiger partial charge in [0.2, 0.25) is 10.0 Å². The van der Waals surface area contributed by atoms with Crippen LogP contribution in [0.4, 0.5) is 24.5 Å². The summed E-state index contributed by atoms with van der Waals surface area (Å²) in [5, 5.41) is 2.46. The SMILES string of the molecule is CN(c1ccc(-c2ccccc2)cc1NC(=O)c1ccccc1C(F)(F)F)S(C)(=O)=O. The van der Waals surface area contributed by atoms with Gasteiger partial charge in [-0.15, -0.1) is 0 Å². The van der Waals surface area contributed by atoms with E-state index in [2.05, 4.69) is 5.32 Å². The van der Waals surface area contributed by atoms with E-state index in [9.17, 15) is 26.4 Å². The lowest BCUT2D eigenvalue weighted by Gasteiger charge is -2.22. The normalized spacial score (nSPS) is 11.8. The highest BCUT2D eigenvalue weighted by atomic mass is 32.2. The van der Waals surface area contributed by atoms with Gasteiger partial charge in [0.25, 0.3) is 5.91 Å². The first kappa shape index (κ1) is 22.4. The van der Waals surface area contributed by atoms with E-state index in [1.807, 2.05) is 30.3 Å². The molecule has 1 N–H and O–H groups in total. The standard InChI is InChI=1S/C22H19F3N2O3S/c1-27(31(2,29)30)20-13-12-16(15-8-4-3-5-9-15)14-19(20)26-21(28)17-10-6-7-11-18(17)22(23,24)25/h3-14H,1-2H3,(H,26,28). The van der Waals surface area contributed by atoms with Crippen molar-refractivity contribution in [3.8, 4) is 11.1 Å². The molecular formula is C22H19F3N2O3S. The number of carbonyl (C=O) groups excluding carboxylic acids is 1. The summed E-state index contributed by atoms with van der Waals surface area (Å²) >= 11 is 0. The number of nitrogens with one attached hydrogen (secondary N) is 1. The van der Waals surface area contributed by atoms with Crippen molar-refractivity contribution < 1.29 is 26.4 Å². The molecule has 162 valence electrons. The number of carbonyl (C=O) groups is 1. The molecule has 0 radical (unpaired) electrons. The van der Waals surface area contributed by atoms with E-state index in [-0.39, 0.29) is 11.4 Å². The van der Waals surface area contributed by atoms with Crippen LogP contribution < -0.4 is 9.62 Å². The van der Waals surface area contributed by atoms with E-state index in [1.165, 1.54) is 31.3 Å². The minimum absolute atomic E-state index is 0.0660. The largest absolute Gasteiger partial charge is 0.417 e. The first-order chi connectivity index (χ1) is 14.5. The van der Waals surface area contributed by atoms with E-state index in [0.717, 1.165) is 28.3 Å². The van der Waals surface area contributed by atoms with E-state index in [4.69, 9.17) is 0 Å². The molecule has 0 spiro atoms. The van der Waals surface area contributed by atoms with Crippen LogP contribution >= 0.6 is 0 Å². The Bertz CT molecular complexity index is 1210. The number of anilines is 2. The van der Waals surface area contributed by atoms with Crippen LogP contribution in [0.5, 0.6) is 0 Å². The molecule has 0 aliphatic rings. The van der Waals surface area contributed by atoms with Gasteiger partial charge in [0.15, 0.2) is 0 Å². The Balaban J connectivity index is 2.09. The molecule has 3 rings (SSSR count). The van der Waals surface area contributed by atoms with Gasteiger partial charge < -0.3 is 5.32 Å². The van der Waals surface area contributed by atoms with Crippen molar-refractivity contribution in [2.45, 2.75) is 6.18 Å². The number of hydrogen-bond donors (Lipinski definition) is 1. The quantitative estimate of drug-likeness (QED) is 0.596. The zero-order valence-electron chi connectivity index (χ0n) is 16.6. The van der Waals surface area contributed by atoms with Gasteiger partial charge in [-0.3, -0.25) is 9.10 Å². The van der Waals surface area contributed by atoms with Crippen LogP contribution in [0.25, 0.3) is 11.1 Å². The Kier molecular flexibility index (Phi) is 6.08. The maximum Gasteiger partial charge on any atom is 0.417 e. The highest BCUT2D eigenvalue weighted by molar-refractivity contribution is 7.92. The van der Waals surface area contributed by atoms with Crippen LogP contribution in [-0.4, -0.2) is 27.6 Å². The van der Waals surface area contributed by atoms with Crippen LogP contribution in [0.1, 0.15) is 15.9 Å². The highest BCUT2D eigenvalue weighted by Crippen LogP contribution is 2.35. The summed E-state index contributed by atoms with van der Waals surface area (Å²) in [7, 11) is -2.39. The van der Waals surface area contributed by atoms with Gasteiger partial charge >= 0.3 is 6.18 Å². The maximum absolute atomic E-state index is 13.3. The van der Waals surface area contributed by atoms with Crippen LogP contribution in [0.15, 0.2) is 72.8 Å². The van der Waals surface area contributed by atoms with Gasteiger partial charge in [-0.25, -0.2) is 8.42 Å². The van der Waals surface area contributed by atoms with Crippen LogP contribution in [-0.2, 0) is 16.2 Å². The molecular weight excluding hydrogens is 429 g/mol. The molecule has 0 bridgehead atoms. The third-order valence-corrected chi connectivity index (χ3v) is 5.86. The second-order valence-electron chi connectivity index (χ2n) is 6.83. The molecule has 3 aromatic rings. The first-order valence-corrected chi connectivity index (χ1v) is 10.9. The molecule has 0 heterocycles. The second-order valence-corrected chi connectivity index (χ2v) is 8.84. The Labute approximate surface area is 178 Å². The van der Waals surface area contributed by atoms with Gasteiger partial charge in [-0.1, -0.05) is 48.5 Å². The Morgan fingerprint density at radius 1 is 0.903 bits per heavy atom. The summed E-state index contributed by atoms with van der Waals surface area (Å²) in [4.78, 5) is 12.8. The minimum atomic E-state index is -4.72. The van der Waals surface area contributed by atoms with Crippen molar-refractivity contribution in [2.75, 3.05) is 22.9 Å². The Morgan fingerprint density at radius 2 is 1.52 bits per heavy atom. The molecule has 0 aliphatic heterocycles. The maximum atomic E-state index is 13.3. The summed E-state index contributed by atoms with van der Waals surface area (Å²) < 4.78 is 65.0. The number of rotatable bonds is 5. The van der Waals surface area contributed by atoms with Crippen molar-refractivity contribution in [3.63, 3.8) is 0 Å². The number of nitrogens with zero attached hydrogens (tertiary/aromatic N) is 1. The zero-order valence-corrected chi connectivity index (χ0v) is 17.5. The van der Waals surface area contributed by atoms with Gasteiger partial charge in [-0.2, -0.15) is 13.2 Å². The average Bonchev–Trinajstić information content (AvgIpc) is 2.72. The molecule has 0 atom stereocenters. The van der Waals surface area contributed by atoms with Gasteiger partial charge in [0.1, 0.15) is 0 Å². The fourth-order valence-corrected chi connectivity index (χ4v) is 3.53. The number of benzene rings is 3. The Morgan fingerprint density at radius 3 is 2.13 bits per heavy atom. The van der Waals surface area contributed by atoms with Crippen molar-refractivity contribution in [3.05, 3.63) is 83.9 Å². The summed E-state index contributed by atoms with van der Waals surface area (Å²) in [6, 6.07) is 18.2. The molecule has 0 aliphatic carbocycles. The fraction of sp³-hybridized carbons (Fsp3) is 0.136. The first-order valence-electron chi connectivity index (χ1n) is 9.09. The van der Waals surface area contributed by atoms with Gasteiger partial charge in [0.05, 0.1) is 28.8 Å². The number of halogens is 3. The molecule has 0 saturated heterocycles. The molecule has 31 heavy (non-hydrogen) atoms. The molecule has 0 fully saturated rings. The Hall–Kier alpha value is -3.33. The fourth-order valence-electron chi connectivity index (χ4n) is 3.02. The van der Waals surface area contributed by atoms with Gasteiger partial charge in [-0.05, 0) is 35.4 Å². The summed E-state index contributed by atoms with van der Waals surface area (Å²) in [6.07, 6.45) is -3.73. The third-order valence-electron chi connectivity index (χ3n) is 4.67. The summed E-state index contributed by atoms with van der Waals surface area (Å²) in [5.41, 5.74) is 0.00184. The topological polar surface area (TPSA) is 66.5 Å². The van der Waals surface area contributed by atoms with Crippen molar-refractivity contribution >= 4 is 27.3 Å². The lowest BCUT2D eigenvalue weighted by atomic mass is 10.0. The summed E-state index contributed by atoms with van der Waals surface area (Å²) in [6.45, 7) is 0. The molecule has 0 unspecified atom stereocenters. The highest BCUT2D eigenvalue weighted by Gasteiger charge is 2.35. The van der Waals surface area contributed by atoms with Crippen LogP contribution in [0.3, 0.4) is 0 Å². The van der Waals surface area contributed by atoms with Crippen LogP contribution in [0.2, 0.25) is 0 Å². The molecule has 9 heteroatoms. The molecule has 3 aromatic carbocycles. The average molecular weight is 448 g/mol. The lowest BCUT2D eigenvalue weighted by Crippen LogP contribution is -2.27. The van der Waals surface area contributed by atoms with E-state index in [0.29, 0.717) is 5.56 Å². The minimum Gasteiger partial charge on any atom is -0.320 e. The van der Waals surface area contributed by atoms with E-state index in [1.54, 1.807) is 6.07 Å². The molecule has 5 nitrogen and oxygen atoms in total. The van der Waals surface area contributed by atoms with E-state index >= 15 is 0 Å². The zero-order chi connectivity index (χ0) is 22.8. The van der Waals surface area contributed by atoms with Crippen molar-refractivity contribution in [2.24, 2.45) is 0 Å². The molecule has 0 aromatic heterocycles.